The van der Waals surface area contributed by atoms with Crippen molar-refractivity contribution in [2.24, 2.45) is 5.41 Å². The number of carbonyl (C=O) groups excluding carboxylic acids is 1. The normalized spacial score (nSPS) is 19.9. The molecule has 6 heteroatoms. The van der Waals surface area contributed by atoms with Gasteiger partial charge in [0, 0.05) is 18.2 Å². The summed E-state index contributed by atoms with van der Waals surface area (Å²) in [7, 11) is 0. The van der Waals surface area contributed by atoms with Crippen LogP contribution in [-0.4, -0.2) is 26.4 Å². The van der Waals surface area contributed by atoms with Gasteiger partial charge in [-0.1, -0.05) is 18.9 Å². The molecule has 0 unspecified atom stereocenters. The molecule has 0 bridgehead atoms. The number of H-pyrrole nitrogens is 1. The van der Waals surface area contributed by atoms with E-state index in [4.69, 9.17) is 0 Å². The Hall–Kier alpha value is -1.72. The van der Waals surface area contributed by atoms with Gasteiger partial charge in [0.1, 0.15) is 0 Å². The van der Waals surface area contributed by atoms with Crippen molar-refractivity contribution in [1.29, 1.82) is 0 Å². The average Bonchev–Trinajstić information content (AvgIpc) is 2.52. The number of anilines is 1. The summed E-state index contributed by atoms with van der Waals surface area (Å²) in [5.74, 6) is 0.531. The third kappa shape index (κ3) is 2.39. The lowest BCUT2D eigenvalue weighted by Crippen LogP contribution is -2.24. The van der Waals surface area contributed by atoms with E-state index in [9.17, 15) is 4.79 Å². The lowest BCUT2D eigenvalue weighted by Gasteiger charge is -2.28. The fourth-order valence-corrected chi connectivity index (χ4v) is 1.78. The second-order valence-corrected chi connectivity index (χ2v) is 4.51. The summed E-state index contributed by atoms with van der Waals surface area (Å²) >= 11 is 0. The van der Waals surface area contributed by atoms with Crippen LogP contribution in [0.3, 0.4) is 0 Å². The van der Waals surface area contributed by atoms with Gasteiger partial charge in [0.05, 0.1) is 0 Å². The molecule has 80 valence electrons. The highest BCUT2D eigenvalue weighted by Gasteiger charge is 2.27. The topological polar surface area (TPSA) is 83.6 Å². The van der Waals surface area contributed by atoms with Crippen LogP contribution in [-0.2, 0) is 4.79 Å². The first-order valence-corrected chi connectivity index (χ1v) is 4.79. The highest BCUT2D eigenvalue weighted by Crippen LogP contribution is 2.33. The van der Waals surface area contributed by atoms with Gasteiger partial charge in [-0.05, 0) is 17.0 Å². The molecule has 1 heterocycles. The highest BCUT2D eigenvalue weighted by molar-refractivity contribution is 5.92. The Morgan fingerprint density at radius 1 is 1.47 bits per heavy atom. The number of rotatable bonds is 2. The molecule has 2 rings (SSSR count). The van der Waals surface area contributed by atoms with E-state index in [2.05, 4.69) is 39.8 Å². The van der Waals surface area contributed by atoms with Crippen molar-refractivity contribution in [3.63, 3.8) is 0 Å². The van der Waals surface area contributed by atoms with Crippen molar-refractivity contribution in [3.05, 3.63) is 11.8 Å². The second-order valence-electron chi connectivity index (χ2n) is 4.51. The minimum Gasteiger partial charge on any atom is -0.325 e. The third-order valence-electron chi connectivity index (χ3n) is 2.27. The molecule has 1 aliphatic rings. The molecule has 0 radical (unpaired) electrons. The van der Waals surface area contributed by atoms with Crippen LogP contribution in [0.1, 0.15) is 26.7 Å². The van der Waals surface area contributed by atoms with E-state index in [-0.39, 0.29) is 11.2 Å². The maximum absolute atomic E-state index is 11.4. The molecule has 0 aromatic carbocycles. The monoisotopic (exact) mass is 207 g/mol. The zero-order valence-corrected chi connectivity index (χ0v) is 8.74. The van der Waals surface area contributed by atoms with Crippen LogP contribution in [0.4, 0.5) is 5.95 Å². The van der Waals surface area contributed by atoms with E-state index in [0.29, 0.717) is 12.4 Å². The summed E-state index contributed by atoms with van der Waals surface area (Å²) < 4.78 is 0. The molecule has 0 amide bonds. The van der Waals surface area contributed by atoms with Crippen LogP contribution in [0, 0.1) is 5.41 Å². The first-order chi connectivity index (χ1) is 7.05. The van der Waals surface area contributed by atoms with Crippen LogP contribution >= 0.6 is 0 Å². The Kier molecular flexibility index (Phi) is 2.26. The van der Waals surface area contributed by atoms with Crippen molar-refractivity contribution >= 4 is 11.7 Å². The Morgan fingerprint density at radius 2 is 2.27 bits per heavy atom. The molecular formula is C9H13N5O. The first-order valence-electron chi connectivity index (χ1n) is 4.79. The van der Waals surface area contributed by atoms with Gasteiger partial charge in [0.15, 0.2) is 5.78 Å². The fourth-order valence-electron chi connectivity index (χ4n) is 1.78. The Balaban J connectivity index is 2.13. The van der Waals surface area contributed by atoms with Gasteiger partial charge in [0.25, 0.3) is 5.95 Å². The van der Waals surface area contributed by atoms with Crippen molar-refractivity contribution in [2.45, 2.75) is 26.7 Å². The van der Waals surface area contributed by atoms with Gasteiger partial charge >= 0.3 is 0 Å². The van der Waals surface area contributed by atoms with Gasteiger partial charge < -0.3 is 5.32 Å². The number of nitrogens with zero attached hydrogens (tertiary/aromatic N) is 3. The molecule has 1 aromatic rings. The molecule has 2 N–H and O–H groups in total. The number of aromatic nitrogens is 4. The minimum absolute atomic E-state index is 0.00208. The number of hydrogen-bond donors (Lipinski definition) is 2. The van der Waals surface area contributed by atoms with Gasteiger partial charge in [-0.25, -0.2) is 0 Å². The van der Waals surface area contributed by atoms with Crippen molar-refractivity contribution in [2.75, 3.05) is 5.32 Å². The van der Waals surface area contributed by atoms with E-state index >= 15 is 0 Å². The first kappa shape index (κ1) is 9.82. The van der Waals surface area contributed by atoms with Crippen molar-refractivity contribution < 1.29 is 4.79 Å². The van der Waals surface area contributed by atoms with E-state index < -0.39 is 0 Å². The van der Waals surface area contributed by atoms with Crippen LogP contribution in [0.15, 0.2) is 11.8 Å². The number of aromatic amines is 1. The molecule has 0 aliphatic heterocycles. The molecule has 0 spiro atoms. The van der Waals surface area contributed by atoms with E-state index in [0.717, 1.165) is 12.1 Å². The molecule has 0 atom stereocenters. The molecule has 15 heavy (non-hydrogen) atoms. The van der Waals surface area contributed by atoms with Crippen LogP contribution in [0.5, 0.6) is 0 Å². The summed E-state index contributed by atoms with van der Waals surface area (Å²) in [6.45, 7) is 4.13. The Morgan fingerprint density at radius 3 is 2.87 bits per heavy atom. The summed E-state index contributed by atoms with van der Waals surface area (Å²) in [6, 6.07) is 0. The number of allylic oxidation sites excluding steroid dienone is 2. The lowest BCUT2D eigenvalue weighted by atomic mass is 9.79. The smallest absolute Gasteiger partial charge is 0.267 e. The molecule has 0 saturated carbocycles. The van der Waals surface area contributed by atoms with E-state index in [1.165, 1.54) is 0 Å². The minimum atomic E-state index is -0.00208. The maximum Gasteiger partial charge on any atom is 0.267 e. The van der Waals surface area contributed by atoms with Crippen LogP contribution in [0.2, 0.25) is 0 Å². The summed E-state index contributed by atoms with van der Waals surface area (Å²) in [6.07, 6.45) is 3.01. The molecule has 1 aromatic heterocycles. The standard InChI is InChI=1S/C9H13N5O/c1-9(2)4-6(3-7(15)5-9)10-8-11-13-14-12-8/h3H,4-5H2,1-2H3,(H2,10,11,12,13,14). The quantitative estimate of drug-likeness (QED) is 0.752. The van der Waals surface area contributed by atoms with E-state index in [1.54, 1.807) is 6.08 Å². The van der Waals surface area contributed by atoms with Crippen molar-refractivity contribution in [1.82, 2.24) is 20.6 Å². The zero-order chi connectivity index (χ0) is 10.9. The summed E-state index contributed by atoms with van der Waals surface area (Å²) in [5.41, 5.74) is 0.843. The number of hydrogen-bond acceptors (Lipinski definition) is 5. The van der Waals surface area contributed by atoms with Crippen LogP contribution in [0.25, 0.3) is 0 Å². The van der Waals surface area contributed by atoms with Crippen molar-refractivity contribution in [3.8, 4) is 0 Å². The fraction of sp³-hybridized carbons (Fsp3) is 0.556. The third-order valence-corrected chi connectivity index (χ3v) is 2.27. The molecular weight excluding hydrogens is 194 g/mol. The number of ketones is 1. The highest BCUT2D eigenvalue weighted by atomic mass is 16.1. The van der Waals surface area contributed by atoms with E-state index in [1.807, 2.05) is 0 Å². The lowest BCUT2D eigenvalue weighted by molar-refractivity contribution is -0.117. The van der Waals surface area contributed by atoms with Gasteiger partial charge in [-0.2, -0.15) is 5.21 Å². The summed E-state index contributed by atoms with van der Waals surface area (Å²) in [5, 5.41) is 16.3. The Bertz CT molecular complexity index is 393. The van der Waals surface area contributed by atoms with Gasteiger partial charge in [-0.15, -0.1) is 5.10 Å². The zero-order valence-electron chi connectivity index (χ0n) is 8.74. The predicted octanol–water partition coefficient (Wildman–Crippen LogP) is 0.885. The number of carbonyl (C=O) groups is 1. The van der Waals surface area contributed by atoms with Gasteiger partial charge in [0.2, 0.25) is 0 Å². The Labute approximate surface area is 87.1 Å². The second kappa shape index (κ2) is 3.45. The average molecular weight is 207 g/mol. The predicted molar refractivity (Wildman–Crippen MR) is 53.9 cm³/mol. The molecule has 0 fully saturated rings. The molecule has 1 aliphatic carbocycles. The van der Waals surface area contributed by atoms with Crippen LogP contribution < -0.4 is 5.32 Å². The maximum atomic E-state index is 11.4. The number of tetrazole rings is 1. The number of nitrogens with one attached hydrogen (secondary N) is 2. The van der Waals surface area contributed by atoms with Gasteiger partial charge in [-0.3, -0.25) is 4.79 Å². The SMILES string of the molecule is CC1(C)CC(=O)C=C(Nc2nn[nH]n2)C1. The molecule has 6 nitrogen and oxygen atoms in total. The summed E-state index contributed by atoms with van der Waals surface area (Å²) in [4.78, 5) is 11.4. The molecule has 0 saturated heterocycles. The largest absolute Gasteiger partial charge is 0.325 e.